The summed E-state index contributed by atoms with van der Waals surface area (Å²) in [5, 5.41) is 2.82. The van der Waals surface area contributed by atoms with Crippen molar-refractivity contribution in [3.05, 3.63) is 83.6 Å². The van der Waals surface area contributed by atoms with Crippen LogP contribution in [0.15, 0.2) is 65.3 Å². The van der Waals surface area contributed by atoms with Crippen molar-refractivity contribution in [2.45, 2.75) is 26.9 Å². The Balaban J connectivity index is 1.88. The summed E-state index contributed by atoms with van der Waals surface area (Å²) in [6.45, 7) is 4.41. The first-order valence-electron chi connectivity index (χ1n) is 10.4. The summed E-state index contributed by atoms with van der Waals surface area (Å²) in [5.74, 6) is -0.356. The molecule has 2 aromatic carbocycles. The molecule has 0 unspecified atom stereocenters. The number of furan rings is 1. The number of carbonyl (C=O) groups is 2. The van der Waals surface area contributed by atoms with Crippen LogP contribution < -0.4 is 10.2 Å². The zero-order valence-corrected chi connectivity index (χ0v) is 18.8. The molecule has 1 N–H and O–H groups in total. The number of nitrogens with zero attached hydrogens (tertiary/aromatic N) is 2. The van der Waals surface area contributed by atoms with Gasteiger partial charge in [-0.3, -0.25) is 9.59 Å². The van der Waals surface area contributed by atoms with E-state index in [0.29, 0.717) is 24.5 Å². The predicted molar refractivity (Wildman–Crippen MR) is 123 cm³/mol. The number of carbonyl (C=O) groups excluding carboxylic acids is 2. The lowest BCUT2D eigenvalue weighted by Crippen LogP contribution is -2.33. The number of benzene rings is 2. The van der Waals surface area contributed by atoms with Gasteiger partial charge in [-0.1, -0.05) is 19.9 Å². The quantitative estimate of drug-likeness (QED) is 0.543. The van der Waals surface area contributed by atoms with E-state index >= 15 is 0 Å². The molecule has 1 aromatic heterocycles. The molecule has 168 valence electrons. The summed E-state index contributed by atoms with van der Waals surface area (Å²) in [6.07, 6.45) is 1.58. The molecule has 3 aromatic rings. The summed E-state index contributed by atoms with van der Waals surface area (Å²) < 4.78 is 18.9. The predicted octanol–water partition coefficient (Wildman–Crippen LogP) is 4.92. The molecular formula is C25H28FN3O3. The third-order valence-corrected chi connectivity index (χ3v) is 5.00. The van der Waals surface area contributed by atoms with Crippen LogP contribution in [0.3, 0.4) is 0 Å². The Hall–Kier alpha value is -3.61. The van der Waals surface area contributed by atoms with E-state index in [4.69, 9.17) is 4.42 Å². The van der Waals surface area contributed by atoms with E-state index in [1.165, 1.54) is 18.2 Å². The second-order valence-corrected chi connectivity index (χ2v) is 8.13. The number of hydrogen-bond acceptors (Lipinski definition) is 4. The van der Waals surface area contributed by atoms with E-state index in [-0.39, 0.29) is 17.4 Å². The number of amides is 2. The van der Waals surface area contributed by atoms with Crippen molar-refractivity contribution < 1.29 is 18.4 Å². The molecule has 3 rings (SSSR count). The lowest BCUT2D eigenvalue weighted by molar-refractivity contribution is -0.136. The van der Waals surface area contributed by atoms with Crippen molar-refractivity contribution in [1.29, 1.82) is 0 Å². The molecule has 6 nitrogen and oxygen atoms in total. The normalized spacial score (nSPS) is 10.8. The SMILES string of the molecule is CC(C)C(=O)N(Cc1ccco1)Cc1cc(NC(=O)c2cccc(F)c2)ccc1N(C)C. The molecule has 0 atom stereocenters. The fourth-order valence-corrected chi connectivity index (χ4v) is 3.43. The minimum absolute atomic E-state index is 0.000283. The van der Waals surface area contributed by atoms with Crippen molar-refractivity contribution in [2.75, 3.05) is 24.3 Å². The smallest absolute Gasteiger partial charge is 0.255 e. The van der Waals surface area contributed by atoms with Gasteiger partial charge >= 0.3 is 0 Å². The maximum absolute atomic E-state index is 13.5. The highest BCUT2D eigenvalue weighted by Crippen LogP contribution is 2.26. The van der Waals surface area contributed by atoms with Gasteiger partial charge in [-0.15, -0.1) is 0 Å². The fraction of sp³-hybridized carbons (Fsp3) is 0.280. The van der Waals surface area contributed by atoms with Gasteiger partial charge in [0, 0.05) is 43.5 Å². The van der Waals surface area contributed by atoms with Gasteiger partial charge in [0.1, 0.15) is 11.6 Å². The molecule has 0 saturated carbocycles. The lowest BCUT2D eigenvalue weighted by atomic mass is 10.1. The second-order valence-electron chi connectivity index (χ2n) is 8.13. The van der Waals surface area contributed by atoms with Crippen LogP contribution in [-0.2, 0) is 17.9 Å². The van der Waals surface area contributed by atoms with E-state index in [0.717, 1.165) is 11.3 Å². The molecule has 0 saturated heterocycles. The van der Waals surface area contributed by atoms with Crippen molar-refractivity contribution in [3.8, 4) is 0 Å². The Labute approximate surface area is 187 Å². The molecule has 0 radical (unpaired) electrons. The van der Waals surface area contributed by atoms with Gasteiger partial charge in [0.15, 0.2) is 0 Å². The number of hydrogen-bond donors (Lipinski definition) is 1. The Kier molecular flexibility index (Phi) is 7.30. The van der Waals surface area contributed by atoms with Crippen LogP contribution in [0.2, 0.25) is 0 Å². The number of anilines is 2. The first-order valence-corrected chi connectivity index (χ1v) is 10.4. The Morgan fingerprint density at radius 1 is 1.03 bits per heavy atom. The van der Waals surface area contributed by atoms with Gasteiger partial charge < -0.3 is 19.5 Å². The van der Waals surface area contributed by atoms with Crippen LogP contribution in [0.1, 0.15) is 35.5 Å². The average Bonchev–Trinajstić information content (AvgIpc) is 3.25. The third kappa shape index (κ3) is 5.75. The van der Waals surface area contributed by atoms with Crippen LogP contribution in [-0.4, -0.2) is 30.8 Å². The lowest BCUT2D eigenvalue weighted by Gasteiger charge is -2.27. The maximum Gasteiger partial charge on any atom is 0.255 e. The largest absolute Gasteiger partial charge is 0.467 e. The number of halogens is 1. The highest BCUT2D eigenvalue weighted by Gasteiger charge is 2.21. The Morgan fingerprint density at radius 3 is 2.44 bits per heavy atom. The Morgan fingerprint density at radius 2 is 1.81 bits per heavy atom. The van der Waals surface area contributed by atoms with Crippen molar-refractivity contribution >= 4 is 23.2 Å². The molecular weight excluding hydrogens is 409 g/mol. The molecule has 0 fully saturated rings. The van der Waals surface area contributed by atoms with Crippen molar-refractivity contribution in [1.82, 2.24) is 4.90 Å². The summed E-state index contributed by atoms with van der Waals surface area (Å²) in [7, 11) is 3.84. The first kappa shape index (κ1) is 23.1. The molecule has 0 bridgehead atoms. The minimum Gasteiger partial charge on any atom is -0.467 e. The summed E-state index contributed by atoms with van der Waals surface area (Å²) in [6, 6.07) is 14.7. The fourth-order valence-electron chi connectivity index (χ4n) is 3.43. The van der Waals surface area contributed by atoms with E-state index in [1.807, 2.05) is 51.0 Å². The van der Waals surface area contributed by atoms with Gasteiger partial charge in [-0.25, -0.2) is 4.39 Å². The number of nitrogens with one attached hydrogen (secondary N) is 1. The standard InChI is InChI=1S/C25H28FN3O3/c1-17(2)25(31)29(16-22-9-6-12-32-22)15-19-14-21(10-11-23(19)28(3)4)27-24(30)18-7-5-8-20(26)13-18/h5-14,17H,15-16H2,1-4H3,(H,27,30). The summed E-state index contributed by atoms with van der Waals surface area (Å²) >= 11 is 0. The van der Waals surface area contributed by atoms with Crippen LogP contribution in [0.4, 0.5) is 15.8 Å². The van der Waals surface area contributed by atoms with Crippen LogP contribution >= 0.6 is 0 Å². The van der Waals surface area contributed by atoms with E-state index in [1.54, 1.807) is 29.4 Å². The van der Waals surface area contributed by atoms with E-state index in [9.17, 15) is 14.0 Å². The molecule has 0 spiro atoms. The molecule has 7 heteroatoms. The van der Waals surface area contributed by atoms with Gasteiger partial charge in [-0.2, -0.15) is 0 Å². The highest BCUT2D eigenvalue weighted by atomic mass is 19.1. The van der Waals surface area contributed by atoms with Crippen LogP contribution in [0.5, 0.6) is 0 Å². The van der Waals surface area contributed by atoms with Crippen molar-refractivity contribution in [3.63, 3.8) is 0 Å². The zero-order valence-electron chi connectivity index (χ0n) is 18.8. The first-order chi connectivity index (χ1) is 15.2. The van der Waals surface area contributed by atoms with Gasteiger partial charge in [0.05, 0.1) is 12.8 Å². The molecule has 0 aliphatic rings. The van der Waals surface area contributed by atoms with Gasteiger partial charge in [-0.05, 0) is 54.1 Å². The van der Waals surface area contributed by atoms with Gasteiger partial charge in [0.2, 0.25) is 5.91 Å². The zero-order chi connectivity index (χ0) is 23.3. The second kappa shape index (κ2) is 10.1. The third-order valence-electron chi connectivity index (χ3n) is 5.00. The van der Waals surface area contributed by atoms with Gasteiger partial charge in [0.25, 0.3) is 5.91 Å². The molecule has 32 heavy (non-hydrogen) atoms. The monoisotopic (exact) mass is 437 g/mol. The molecule has 0 aliphatic heterocycles. The molecule has 1 heterocycles. The maximum atomic E-state index is 13.5. The summed E-state index contributed by atoms with van der Waals surface area (Å²) in [5.41, 5.74) is 2.59. The number of rotatable bonds is 8. The van der Waals surface area contributed by atoms with E-state index in [2.05, 4.69) is 5.32 Å². The average molecular weight is 438 g/mol. The minimum atomic E-state index is -0.470. The topological polar surface area (TPSA) is 65.8 Å². The summed E-state index contributed by atoms with van der Waals surface area (Å²) in [4.78, 5) is 29.2. The molecule has 2 amide bonds. The highest BCUT2D eigenvalue weighted by molar-refractivity contribution is 6.04. The molecule has 0 aliphatic carbocycles. The Bertz CT molecular complexity index is 1080. The van der Waals surface area contributed by atoms with E-state index < -0.39 is 11.7 Å². The van der Waals surface area contributed by atoms with Crippen molar-refractivity contribution in [2.24, 2.45) is 5.92 Å². The van der Waals surface area contributed by atoms with Crippen LogP contribution in [0.25, 0.3) is 0 Å². The van der Waals surface area contributed by atoms with Crippen LogP contribution in [0, 0.1) is 11.7 Å².